The van der Waals surface area contributed by atoms with Crippen LogP contribution >= 0.6 is 0 Å². The summed E-state index contributed by atoms with van der Waals surface area (Å²) in [4.78, 5) is 14.9. The van der Waals surface area contributed by atoms with Crippen LogP contribution in [0.1, 0.15) is 18.9 Å². The molecule has 0 bridgehead atoms. The third-order valence-corrected chi connectivity index (χ3v) is 10.0. The molecule has 0 saturated carbocycles. The molecule has 0 spiro atoms. The molecule has 9 aromatic rings. The molecular formula is C46H32N4O. The van der Waals surface area contributed by atoms with Gasteiger partial charge in [-0.25, -0.2) is 15.0 Å². The first-order chi connectivity index (χ1) is 25.2. The van der Waals surface area contributed by atoms with Gasteiger partial charge < -0.3 is 8.98 Å². The average Bonchev–Trinajstić information content (AvgIpc) is 3.73. The van der Waals surface area contributed by atoms with Crippen LogP contribution in [0.5, 0.6) is 0 Å². The maximum absolute atomic E-state index is 6.59. The molecule has 5 nitrogen and oxygen atoms in total. The molecule has 0 saturated heterocycles. The predicted molar refractivity (Wildman–Crippen MR) is 209 cm³/mol. The predicted octanol–water partition coefficient (Wildman–Crippen LogP) is 11.8. The van der Waals surface area contributed by atoms with E-state index in [-0.39, 0.29) is 0 Å². The van der Waals surface area contributed by atoms with Crippen molar-refractivity contribution in [3.8, 4) is 39.9 Å². The number of nitrogens with zero attached hydrogens (tertiary/aromatic N) is 4. The topological polar surface area (TPSA) is 56.7 Å². The van der Waals surface area contributed by atoms with Crippen LogP contribution < -0.4 is 0 Å². The van der Waals surface area contributed by atoms with Crippen molar-refractivity contribution in [1.29, 1.82) is 0 Å². The fourth-order valence-electron chi connectivity index (χ4n) is 7.35. The zero-order valence-corrected chi connectivity index (χ0v) is 28.0. The molecule has 6 aromatic carbocycles. The lowest BCUT2D eigenvalue weighted by atomic mass is 9.94. The minimum atomic E-state index is 0.579. The Balaban J connectivity index is 1.07. The van der Waals surface area contributed by atoms with Gasteiger partial charge in [0.05, 0.1) is 11.0 Å². The second kappa shape index (κ2) is 11.8. The first-order valence-corrected chi connectivity index (χ1v) is 17.4. The van der Waals surface area contributed by atoms with Crippen molar-refractivity contribution in [2.45, 2.75) is 13.3 Å². The number of hydrogen-bond donors (Lipinski definition) is 0. The molecule has 3 heterocycles. The zero-order chi connectivity index (χ0) is 33.9. The van der Waals surface area contributed by atoms with E-state index in [9.17, 15) is 0 Å². The van der Waals surface area contributed by atoms with Crippen molar-refractivity contribution in [1.82, 2.24) is 19.5 Å². The summed E-state index contributed by atoms with van der Waals surface area (Å²) in [6.45, 7) is 2.24. The smallest absolute Gasteiger partial charge is 0.164 e. The molecule has 10 rings (SSSR count). The quantitative estimate of drug-likeness (QED) is 0.185. The Hall–Kier alpha value is -6.59. The second-order valence-corrected chi connectivity index (χ2v) is 13.3. The van der Waals surface area contributed by atoms with Gasteiger partial charge in [0.1, 0.15) is 11.2 Å². The SMILES string of the molecule is CC1C=CC(c2ccc(-c3nc(-c4ccccc4)nc(-c4ccc5c(c4)oc4cc(-n6c7ccccc7c7ccccc76)ccc45)n3)cc2)=CC1. The number of furan rings is 1. The first kappa shape index (κ1) is 29.3. The monoisotopic (exact) mass is 656 g/mol. The van der Waals surface area contributed by atoms with Gasteiger partial charge in [0, 0.05) is 50.0 Å². The van der Waals surface area contributed by atoms with Crippen LogP contribution in [0.3, 0.4) is 0 Å². The lowest BCUT2D eigenvalue weighted by Gasteiger charge is -2.12. The van der Waals surface area contributed by atoms with E-state index in [0.29, 0.717) is 23.4 Å². The standard InChI is InChI=1S/C46H32N4O/c1-29-15-17-30(18-16-29)31-19-21-33(22-20-31)45-47-44(32-9-3-2-4-10-32)48-46(49-45)34-23-25-38-39-26-24-35(28-43(39)51-42(38)27-34)50-40-13-7-5-11-36(40)37-12-6-8-14-41(37)50/h2-15,17-29H,16H2,1H3. The fourth-order valence-corrected chi connectivity index (χ4v) is 7.35. The van der Waals surface area contributed by atoms with Crippen molar-refractivity contribution >= 4 is 49.3 Å². The van der Waals surface area contributed by atoms with E-state index < -0.39 is 0 Å². The van der Waals surface area contributed by atoms with Gasteiger partial charge in [-0.05, 0) is 59.9 Å². The van der Waals surface area contributed by atoms with Crippen LogP contribution in [-0.2, 0) is 0 Å². The Morgan fingerprint density at radius 2 is 1.08 bits per heavy atom. The van der Waals surface area contributed by atoms with Crippen LogP contribution in [0.15, 0.2) is 162 Å². The van der Waals surface area contributed by atoms with Gasteiger partial charge in [0.25, 0.3) is 0 Å². The molecule has 5 heteroatoms. The van der Waals surface area contributed by atoms with Crippen LogP contribution in [0.25, 0.3) is 89.2 Å². The lowest BCUT2D eigenvalue weighted by molar-refractivity contribution is 0.668. The molecule has 0 N–H and O–H groups in total. The molecule has 1 aliphatic carbocycles. The number of allylic oxidation sites excluding steroid dienone is 4. The Bertz CT molecular complexity index is 2790. The molecule has 0 amide bonds. The Labute approximate surface area is 294 Å². The minimum Gasteiger partial charge on any atom is -0.456 e. The molecule has 0 aliphatic heterocycles. The minimum absolute atomic E-state index is 0.579. The maximum atomic E-state index is 6.59. The van der Waals surface area contributed by atoms with E-state index in [1.165, 1.54) is 32.9 Å². The van der Waals surface area contributed by atoms with Gasteiger partial charge in [0.2, 0.25) is 0 Å². The van der Waals surface area contributed by atoms with E-state index in [0.717, 1.165) is 50.7 Å². The van der Waals surface area contributed by atoms with Crippen LogP contribution in [0, 0.1) is 5.92 Å². The van der Waals surface area contributed by atoms with E-state index in [4.69, 9.17) is 19.4 Å². The maximum Gasteiger partial charge on any atom is 0.164 e. The van der Waals surface area contributed by atoms with Crippen LogP contribution in [0.4, 0.5) is 0 Å². The summed E-state index contributed by atoms with van der Waals surface area (Å²) in [5.74, 6) is 2.44. The molecule has 3 aromatic heterocycles. The summed E-state index contributed by atoms with van der Waals surface area (Å²) < 4.78 is 8.90. The van der Waals surface area contributed by atoms with Crippen molar-refractivity contribution in [2.75, 3.05) is 0 Å². The van der Waals surface area contributed by atoms with Gasteiger partial charge in [-0.2, -0.15) is 0 Å². The highest BCUT2D eigenvalue weighted by molar-refractivity contribution is 6.10. The number of para-hydroxylation sites is 2. The third-order valence-electron chi connectivity index (χ3n) is 10.0. The largest absolute Gasteiger partial charge is 0.456 e. The van der Waals surface area contributed by atoms with Gasteiger partial charge in [-0.1, -0.05) is 122 Å². The fraction of sp³-hybridized carbons (Fsp3) is 0.0652. The van der Waals surface area contributed by atoms with E-state index in [1.807, 2.05) is 30.3 Å². The highest BCUT2D eigenvalue weighted by Gasteiger charge is 2.17. The number of benzene rings is 6. The molecule has 1 aliphatic rings. The summed E-state index contributed by atoms with van der Waals surface area (Å²) in [6, 6.07) is 48.5. The van der Waals surface area contributed by atoms with Gasteiger partial charge in [-0.15, -0.1) is 0 Å². The summed E-state index contributed by atoms with van der Waals surface area (Å²) >= 11 is 0. The van der Waals surface area contributed by atoms with Crippen LogP contribution in [-0.4, -0.2) is 19.5 Å². The molecule has 1 atom stereocenters. The van der Waals surface area contributed by atoms with Crippen molar-refractivity contribution in [3.63, 3.8) is 0 Å². The van der Waals surface area contributed by atoms with Gasteiger partial charge >= 0.3 is 0 Å². The highest BCUT2D eigenvalue weighted by atomic mass is 16.3. The summed E-state index contributed by atoms with van der Waals surface area (Å²) in [6.07, 6.45) is 7.87. The number of aromatic nitrogens is 4. The number of fused-ring (bicyclic) bond motifs is 6. The van der Waals surface area contributed by atoms with Crippen molar-refractivity contribution < 1.29 is 4.42 Å². The Morgan fingerprint density at radius 3 is 1.75 bits per heavy atom. The van der Waals surface area contributed by atoms with E-state index in [2.05, 4.69) is 139 Å². The van der Waals surface area contributed by atoms with Gasteiger partial charge in [0.15, 0.2) is 17.5 Å². The summed E-state index contributed by atoms with van der Waals surface area (Å²) in [5, 5.41) is 4.59. The van der Waals surface area contributed by atoms with Crippen molar-refractivity contribution in [3.05, 3.63) is 163 Å². The van der Waals surface area contributed by atoms with E-state index >= 15 is 0 Å². The van der Waals surface area contributed by atoms with E-state index in [1.54, 1.807) is 0 Å². The van der Waals surface area contributed by atoms with Crippen molar-refractivity contribution in [2.24, 2.45) is 5.92 Å². The number of rotatable bonds is 5. The normalized spacial score (nSPS) is 14.5. The van der Waals surface area contributed by atoms with Gasteiger partial charge in [-0.3, -0.25) is 0 Å². The molecule has 0 radical (unpaired) electrons. The van der Waals surface area contributed by atoms with Crippen LogP contribution in [0.2, 0.25) is 0 Å². The Kier molecular flexibility index (Phi) is 6.78. The Morgan fingerprint density at radius 1 is 0.529 bits per heavy atom. The number of hydrogen-bond acceptors (Lipinski definition) is 4. The molecule has 51 heavy (non-hydrogen) atoms. The lowest BCUT2D eigenvalue weighted by Crippen LogP contribution is -2.00. The highest BCUT2D eigenvalue weighted by Crippen LogP contribution is 2.37. The second-order valence-electron chi connectivity index (χ2n) is 13.3. The molecular weight excluding hydrogens is 625 g/mol. The average molecular weight is 657 g/mol. The summed E-state index contributed by atoms with van der Waals surface area (Å²) in [7, 11) is 0. The molecule has 1 unspecified atom stereocenters. The first-order valence-electron chi connectivity index (χ1n) is 17.4. The molecule has 242 valence electrons. The summed E-state index contributed by atoms with van der Waals surface area (Å²) in [5.41, 5.74) is 10.2. The molecule has 0 fully saturated rings. The third kappa shape index (κ3) is 5.05. The zero-order valence-electron chi connectivity index (χ0n) is 28.0.